The van der Waals surface area contributed by atoms with Crippen molar-refractivity contribution in [3.05, 3.63) is 46.4 Å². The molecule has 0 unspecified atom stereocenters. The zero-order valence-corrected chi connectivity index (χ0v) is 11.4. The quantitative estimate of drug-likeness (QED) is 0.839. The summed E-state index contributed by atoms with van der Waals surface area (Å²) >= 11 is 1.78. The number of pyridine rings is 1. The van der Waals surface area contributed by atoms with Gasteiger partial charge in [0.05, 0.1) is 11.9 Å². The first-order valence-electron chi connectivity index (χ1n) is 6.50. The van der Waals surface area contributed by atoms with Crippen LogP contribution in [0, 0.1) is 11.3 Å². The van der Waals surface area contributed by atoms with Gasteiger partial charge in [-0.15, -0.1) is 0 Å². The highest BCUT2D eigenvalue weighted by Gasteiger charge is 2.21. The van der Waals surface area contributed by atoms with Crippen LogP contribution in [0.15, 0.2) is 35.2 Å². The maximum absolute atomic E-state index is 8.75. The Kier molecular flexibility index (Phi) is 3.47. The van der Waals surface area contributed by atoms with Gasteiger partial charge in [-0.3, -0.25) is 0 Å². The molecule has 3 nitrogen and oxygen atoms in total. The molecule has 0 aromatic carbocycles. The fourth-order valence-corrected chi connectivity index (χ4v) is 3.36. The van der Waals surface area contributed by atoms with Gasteiger partial charge in [0.2, 0.25) is 0 Å². The average molecular weight is 269 g/mol. The summed E-state index contributed by atoms with van der Waals surface area (Å²) in [6, 6.07) is 8.09. The molecular weight excluding hydrogens is 254 g/mol. The summed E-state index contributed by atoms with van der Waals surface area (Å²) in [6.07, 6.45) is 4.19. The molecular formula is C15H15N3S. The van der Waals surface area contributed by atoms with E-state index in [9.17, 15) is 0 Å². The van der Waals surface area contributed by atoms with Crippen molar-refractivity contribution in [2.45, 2.75) is 18.8 Å². The molecule has 0 amide bonds. The molecule has 1 aliphatic heterocycles. The van der Waals surface area contributed by atoms with Crippen LogP contribution in [0.25, 0.3) is 0 Å². The second kappa shape index (κ2) is 5.41. The standard InChI is InChI=1S/C15H15N3S/c16-9-14-1-2-15(10-17-14)18-6-3-12(4-7-18)13-5-8-19-11-13/h1-2,5,8,10-12H,3-4,6-7H2. The minimum Gasteiger partial charge on any atom is -0.370 e. The summed E-state index contributed by atoms with van der Waals surface area (Å²) in [6.45, 7) is 2.13. The van der Waals surface area contributed by atoms with Crippen molar-refractivity contribution in [3.63, 3.8) is 0 Å². The first-order valence-corrected chi connectivity index (χ1v) is 7.44. The monoisotopic (exact) mass is 269 g/mol. The molecule has 0 radical (unpaired) electrons. The van der Waals surface area contributed by atoms with Crippen LogP contribution in [0.3, 0.4) is 0 Å². The minimum absolute atomic E-state index is 0.483. The third-order valence-electron chi connectivity index (χ3n) is 3.74. The van der Waals surface area contributed by atoms with Crippen LogP contribution >= 0.6 is 11.3 Å². The Balaban J connectivity index is 1.65. The Bertz CT molecular complexity index is 560. The van der Waals surface area contributed by atoms with Gasteiger partial charge in [-0.2, -0.15) is 16.6 Å². The average Bonchev–Trinajstić information content (AvgIpc) is 3.02. The Labute approximate surface area is 117 Å². The summed E-state index contributed by atoms with van der Waals surface area (Å²) < 4.78 is 0. The molecule has 1 fully saturated rings. The number of nitriles is 1. The molecule has 2 aromatic rings. The predicted molar refractivity (Wildman–Crippen MR) is 77.5 cm³/mol. The van der Waals surface area contributed by atoms with Crippen molar-refractivity contribution in [1.82, 2.24) is 4.98 Å². The van der Waals surface area contributed by atoms with Gasteiger partial charge in [0.25, 0.3) is 0 Å². The van der Waals surface area contributed by atoms with Crippen molar-refractivity contribution in [1.29, 1.82) is 5.26 Å². The molecule has 0 atom stereocenters. The van der Waals surface area contributed by atoms with Gasteiger partial charge in [0, 0.05) is 13.1 Å². The van der Waals surface area contributed by atoms with Crippen LogP contribution < -0.4 is 4.90 Å². The fourth-order valence-electron chi connectivity index (χ4n) is 2.62. The van der Waals surface area contributed by atoms with E-state index >= 15 is 0 Å². The van der Waals surface area contributed by atoms with E-state index in [1.54, 1.807) is 17.4 Å². The molecule has 3 heterocycles. The summed E-state index contributed by atoms with van der Waals surface area (Å²) in [7, 11) is 0. The lowest BCUT2D eigenvalue weighted by Gasteiger charge is -2.33. The first kappa shape index (κ1) is 12.2. The number of anilines is 1. The molecule has 3 rings (SSSR count). The van der Waals surface area contributed by atoms with Gasteiger partial charge in [0.1, 0.15) is 11.8 Å². The summed E-state index contributed by atoms with van der Waals surface area (Å²) in [5, 5.41) is 13.2. The van der Waals surface area contributed by atoms with Crippen molar-refractivity contribution in [2.24, 2.45) is 0 Å². The Morgan fingerprint density at radius 1 is 1.26 bits per heavy atom. The van der Waals surface area contributed by atoms with Crippen LogP contribution in [0.2, 0.25) is 0 Å². The van der Waals surface area contributed by atoms with Gasteiger partial charge in [-0.25, -0.2) is 4.98 Å². The van der Waals surface area contributed by atoms with Crippen LogP contribution in [-0.4, -0.2) is 18.1 Å². The Morgan fingerprint density at radius 2 is 2.11 bits per heavy atom. The van der Waals surface area contributed by atoms with E-state index in [0.29, 0.717) is 11.6 Å². The third kappa shape index (κ3) is 2.61. The molecule has 4 heteroatoms. The minimum atomic E-state index is 0.483. The SMILES string of the molecule is N#Cc1ccc(N2CCC(c3ccsc3)CC2)cn1. The van der Waals surface area contributed by atoms with E-state index in [-0.39, 0.29) is 0 Å². The smallest absolute Gasteiger partial charge is 0.140 e. The predicted octanol–water partition coefficient (Wildman–Crippen LogP) is 3.40. The molecule has 19 heavy (non-hydrogen) atoms. The topological polar surface area (TPSA) is 39.9 Å². The number of hydrogen-bond donors (Lipinski definition) is 0. The molecule has 0 aliphatic carbocycles. The van der Waals surface area contributed by atoms with E-state index in [0.717, 1.165) is 18.8 Å². The summed E-state index contributed by atoms with van der Waals surface area (Å²) in [4.78, 5) is 6.50. The highest BCUT2D eigenvalue weighted by atomic mass is 32.1. The largest absolute Gasteiger partial charge is 0.370 e. The van der Waals surface area contributed by atoms with Gasteiger partial charge >= 0.3 is 0 Å². The zero-order valence-electron chi connectivity index (χ0n) is 10.6. The summed E-state index contributed by atoms with van der Waals surface area (Å²) in [5.41, 5.74) is 3.10. The molecule has 1 aliphatic rings. The number of aromatic nitrogens is 1. The molecule has 0 spiro atoms. The van der Waals surface area contributed by atoms with Crippen LogP contribution in [-0.2, 0) is 0 Å². The second-order valence-electron chi connectivity index (χ2n) is 4.83. The van der Waals surface area contributed by atoms with Crippen LogP contribution in [0.5, 0.6) is 0 Å². The maximum atomic E-state index is 8.75. The zero-order chi connectivity index (χ0) is 13.1. The summed E-state index contributed by atoms with van der Waals surface area (Å²) in [5.74, 6) is 0.703. The normalized spacial score (nSPS) is 16.3. The van der Waals surface area contributed by atoms with E-state index in [1.807, 2.05) is 12.3 Å². The van der Waals surface area contributed by atoms with Crippen molar-refractivity contribution in [3.8, 4) is 6.07 Å². The van der Waals surface area contributed by atoms with Gasteiger partial charge in [0.15, 0.2) is 0 Å². The van der Waals surface area contributed by atoms with Gasteiger partial charge in [-0.05, 0) is 53.3 Å². The van der Waals surface area contributed by atoms with Gasteiger partial charge < -0.3 is 4.90 Å². The van der Waals surface area contributed by atoms with E-state index in [1.165, 1.54) is 18.4 Å². The van der Waals surface area contributed by atoms with Crippen molar-refractivity contribution in [2.75, 3.05) is 18.0 Å². The molecule has 0 N–H and O–H groups in total. The van der Waals surface area contributed by atoms with E-state index < -0.39 is 0 Å². The van der Waals surface area contributed by atoms with Crippen LogP contribution in [0.4, 0.5) is 5.69 Å². The highest BCUT2D eigenvalue weighted by molar-refractivity contribution is 7.07. The van der Waals surface area contributed by atoms with E-state index in [4.69, 9.17) is 5.26 Å². The maximum Gasteiger partial charge on any atom is 0.140 e. The Morgan fingerprint density at radius 3 is 2.68 bits per heavy atom. The first-order chi connectivity index (χ1) is 9.36. The third-order valence-corrected chi connectivity index (χ3v) is 4.44. The van der Waals surface area contributed by atoms with Gasteiger partial charge in [-0.1, -0.05) is 0 Å². The molecule has 0 bridgehead atoms. The number of piperidine rings is 1. The molecule has 2 aromatic heterocycles. The fraction of sp³-hybridized carbons (Fsp3) is 0.333. The number of nitrogens with zero attached hydrogens (tertiary/aromatic N) is 3. The number of rotatable bonds is 2. The molecule has 96 valence electrons. The molecule has 0 saturated carbocycles. The molecule has 1 saturated heterocycles. The number of hydrogen-bond acceptors (Lipinski definition) is 4. The van der Waals surface area contributed by atoms with E-state index in [2.05, 4.69) is 32.8 Å². The second-order valence-corrected chi connectivity index (χ2v) is 5.61. The highest BCUT2D eigenvalue weighted by Crippen LogP contribution is 2.31. The Hall–Kier alpha value is -1.86. The lowest BCUT2D eigenvalue weighted by atomic mass is 9.91. The van der Waals surface area contributed by atoms with Crippen molar-refractivity contribution < 1.29 is 0 Å². The number of thiophene rings is 1. The lowest BCUT2D eigenvalue weighted by Crippen LogP contribution is -2.32. The van der Waals surface area contributed by atoms with Crippen LogP contribution in [0.1, 0.15) is 30.0 Å². The lowest BCUT2D eigenvalue weighted by molar-refractivity contribution is 0.506. The van der Waals surface area contributed by atoms with Crippen molar-refractivity contribution >= 4 is 17.0 Å².